The fourth-order valence-corrected chi connectivity index (χ4v) is 3.12. The standard InChI is InChI=1S/C16H22N2OS/c1-5-8-17-10-15-12(3)18-16(20-15)13-7-6-11(2)9-14(13)19-4/h6-7,9,17H,5,8,10H2,1-4H3. The number of rotatable bonds is 6. The number of hydrogen-bond donors (Lipinski definition) is 1. The molecule has 0 aliphatic carbocycles. The van der Waals surface area contributed by atoms with Crippen LogP contribution >= 0.6 is 11.3 Å². The molecule has 0 saturated carbocycles. The Hall–Kier alpha value is -1.39. The molecule has 0 saturated heterocycles. The molecule has 2 rings (SSSR count). The molecule has 0 aliphatic rings. The van der Waals surface area contributed by atoms with E-state index in [4.69, 9.17) is 9.72 Å². The minimum absolute atomic E-state index is 0.894. The van der Waals surface area contributed by atoms with Crippen molar-refractivity contribution in [3.8, 4) is 16.3 Å². The van der Waals surface area contributed by atoms with Gasteiger partial charge in [-0.05, 0) is 44.5 Å². The second-order valence-corrected chi connectivity index (χ2v) is 5.99. The van der Waals surface area contributed by atoms with Crippen LogP contribution in [0.2, 0.25) is 0 Å². The van der Waals surface area contributed by atoms with Crippen LogP contribution < -0.4 is 10.1 Å². The number of aryl methyl sites for hydroxylation is 2. The molecule has 4 heteroatoms. The Morgan fingerprint density at radius 2 is 2.10 bits per heavy atom. The zero-order valence-corrected chi connectivity index (χ0v) is 13.4. The van der Waals surface area contributed by atoms with Crippen molar-refractivity contribution >= 4 is 11.3 Å². The highest BCUT2D eigenvalue weighted by Gasteiger charge is 2.13. The van der Waals surface area contributed by atoms with E-state index in [-0.39, 0.29) is 0 Å². The van der Waals surface area contributed by atoms with Crippen molar-refractivity contribution in [1.82, 2.24) is 10.3 Å². The topological polar surface area (TPSA) is 34.1 Å². The number of nitrogens with zero attached hydrogens (tertiary/aromatic N) is 1. The summed E-state index contributed by atoms with van der Waals surface area (Å²) >= 11 is 1.74. The number of ether oxygens (including phenoxy) is 1. The van der Waals surface area contributed by atoms with E-state index in [0.717, 1.165) is 41.5 Å². The Bertz CT molecular complexity index is 578. The number of benzene rings is 1. The lowest BCUT2D eigenvalue weighted by molar-refractivity contribution is 0.416. The summed E-state index contributed by atoms with van der Waals surface area (Å²) in [6.45, 7) is 8.25. The van der Waals surface area contributed by atoms with Crippen LogP contribution in [0.3, 0.4) is 0 Å². The van der Waals surface area contributed by atoms with Crippen LogP contribution in [0.5, 0.6) is 5.75 Å². The van der Waals surface area contributed by atoms with Gasteiger partial charge in [0.15, 0.2) is 0 Å². The van der Waals surface area contributed by atoms with Crippen LogP contribution in [-0.2, 0) is 6.54 Å². The van der Waals surface area contributed by atoms with Gasteiger partial charge in [-0.3, -0.25) is 0 Å². The number of methoxy groups -OCH3 is 1. The Labute approximate surface area is 125 Å². The van der Waals surface area contributed by atoms with Gasteiger partial charge in [0, 0.05) is 11.4 Å². The van der Waals surface area contributed by atoms with Gasteiger partial charge < -0.3 is 10.1 Å². The minimum atomic E-state index is 0.894. The molecule has 0 atom stereocenters. The molecule has 1 aromatic heterocycles. The van der Waals surface area contributed by atoms with Crippen molar-refractivity contribution < 1.29 is 4.74 Å². The molecule has 1 heterocycles. The summed E-state index contributed by atoms with van der Waals surface area (Å²) in [5, 5.41) is 4.47. The predicted molar refractivity (Wildman–Crippen MR) is 85.6 cm³/mol. The van der Waals surface area contributed by atoms with E-state index in [1.54, 1.807) is 18.4 Å². The van der Waals surface area contributed by atoms with Gasteiger partial charge in [0.2, 0.25) is 0 Å². The van der Waals surface area contributed by atoms with Crippen molar-refractivity contribution in [3.63, 3.8) is 0 Å². The lowest BCUT2D eigenvalue weighted by Gasteiger charge is -2.06. The van der Waals surface area contributed by atoms with Crippen molar-refractivity contribution in [2.75, 3.05) is 13.7 Å². The van der Waals surface area contributed by atoms with E-state index < -0.39 is 0 Å². The molecule has 1 N–H and O–H groups in total. The van der Waals surface area contributed by atoms with Crippen LogP contribution in [-0.4, -0.2) is 18.6 Å². The zero-order chi connectivity index (χ0) is 14.5. The monoisotopic (exact) mass is 290 g/mol. The number of thiazole rings is 1. The van der Waals surface area contributed by atoms with E-state index in [9.17, 15) is 0 Å². The van der Waals surface area contributed by atoms with E-state index in [2.05, 4.69) is 44.3 Å². The molecule has 0 amide bonds. The van der Waals surface area contributed by atoms with E-state index in [1.165, 1.54) is 10.4 Å². The van der Waals surface area contributed by atoms with Gasteiger partial charge in [0.05, 0.1) is 18.4 Å². The van der Waals surface area contributed by atoms with Gasteiger partial charge in [-0.15, -0.1) is 11.3 Å². The van der Waals surface area contributed by atoms with E-state index in [1.807, 2.05) is 0 Å². The molecule has 2 aromatic rings. The summed E-state index contributed by atoms with van der Waals surface area (Å²) in [5.74, 6) is 0.895. The zero-order valence-electron chi connectivity index (χ0n) is 12.6. The van der Waals surface area contributed by atoms with Gasteiger partial charge in [0.1, 0.15) is 10.8 Å². The molecule has 0 aliphatic heterocycles. The van der Waals surface area contributed by atoms with Crippen LogP contribution in [0.25, 0.3) is 10.6 Å². The molecule has 1 aromatic carbocycles. The lowest BCUT2D eigenvalue weighted by Crippen LogP contribution is -2.13. The van der Waals surface area contributed by atoms with E-state index in [0.29, 0.717) is 0 Å². The first-order valence-electron chi connectivity index (χ1n) is 6.97. The molecule has 0 spiro atoms. The van der Waals surface area contributed by atoms with Gasteiger partial charge in [-0.25, -0.2) is 4.98 Å². The van der Waals surface area contributed by atoms with Crippen LogP contribution in [0.1, 0.15) is 29.5 Å². The average Bonchev–Trinajstić information content (AvgIpc) is 2.80. The first-order chi connectivity index (χ1) is 9.65. The van der Waals surface area contributed by atoms with Gasteiger partial charge >= 0.3 is 0 Å². The highest BCUT2D eigenvalue weighted by Crippen LogP contribution is 2.34. The fourth-order valence-electron chi connectivity index (χ4n) is 2.06. The maximum absolute atomic E-state index is 5.48. The number of hydrogen-bond acceptors (Lipinski definition) is 4. The third-order valence-electron chi connectivity index (χ3n) is 3.19. The summed E-state index contributed by atoms with van der Waals surface area (Å²) in [4.78, 5) is 6.00. The molecule has 0 unspecified atom stereocenters. The quantitative estimate of drug-likeness (QED) is 0.818. The molecule has 3 nitrogen and oxygen atoms in total. The van der Waals surface area contributed by atoms with Crippen molar-refractivity contribution in [3.05, 3.63) is 34.3 Å². The summed E-state index contributed by atoms with van der Waals surface area (Å²) in [7, 11) is 1.71. The number of aromatic nitrogens is 1. The SMILES string of the molecule is CCCNCc1sc(-c2ccc(C)cc2OC)nc1C. The second-order valence-electron chi connectivity index (χ2n) is 4.91. The van der Waals surface area contributed by atoms with Crippen molar-refractivity contribution in [2.24, 2.45) is 0 Å². The lowest BCUT2D eigenvalue weighted by atomic mass is 10.1. The average molecular weight is 290 g/mol. The molecule has 108 valence electrons. The smallest absolute Gasteiger partial charge is 0.129 e. The fraction of sp³-hybridized carbons (Fsp3) is 0.438. The second kappa shape index (κ2) is 6.86. The summed E-state index contributed by atoms with van der Waals surface area (Å²) in [5.41, 5.74) is 3.38. The Kier molecular flexibility index (Phi) is 5.15. The molecule has 20 heavy (non-hydrogen) atoms. The predicted octanol–water partition coefficient (Wildman–Crippen LogP) is 3.94. The first kappa shape index (κ1) is 15.0. The van der Waals surface area contributed by atoms with Gasteiger partial charge in [-0.2, -0.15) is 0 Å². The Morgan fingerprint density at radius 1 is 1.30 bits per heavy atom. The largest absolute Gasteiger partial charge is 0.496 e. The maximum atomic E-state index is 5.48. The van der Waals surface area contributed by atoms with Crippen LogP contribution in [0.4, 0.5) is 0 Å². The Morgan fingerprint density at radius 3 is 2.80 bits per heavy atom. The van der Waals surface area contributed by atoms with Gasteiger partial charge in [0.25, 0.3) is 0 Å². The molecule has 0 fully saturated rings. The Balaban J connectivity index is 2.27. The summed E-state index contributed by atoms with van der Waals surface area (Å²) in [6, 6.07) is 6.25. The molecular formula is C16H22N2OS. The molecule has 0 bridgehead atoms. The molecule has 0 radical (unpaired) electrons. The summed E-state index contributed by atoms with van der Waals surface area (Å²) in [6.07, 6.45) is 1.15. The molecular weight excluding hydrogens is 268 g/mol. The van der Waals surface area contributed by atoms with Crippen LogP contribution in [0, 0.1) is 13.8 Å². The first-order valence-corrected chi connectivity index (χ1v) is 7.79. The van der Waals surface area contributed by atoms with Crippen LogP contribution in [0.15, 0.2) is 18.2 Å². The van der Waals surface area contributed by atoms with E-state index >= 15 is 0 Å². The highest BCUT2D eigenvalue weighted by molar-refractivity contribution is 7.15. The van der Waals surface area contributed by atoms with Crippen molar-refractivity contribution in [1.29, 1.82) is 0 Å². The summed E-state index contributed by atoms with van der Waals surface area (Å²) < 4.78 is 5.48. The normalized spacial score (nSPS) is 10.8. The van der Waals surface area contributed by atoms with Gasteiger partial charge in [-0.1, -0.05) is 13.0 Å². The highest BCUT2D eigenvalue weighted by atomic mass is 32.1. The van der Waals surface area contributed by atoms with Crippen molar-refractivity contribution in [2.45, 2.75) is 33.7 Å². The minimum Gasteiger partial charge on any atom is -0.496 e. The third kappa shape index (κ3) is 3.38. The third-order valence-corrected chi connectivity index (χ3v) is 4.38. The number of nitrogens with one attached hydrogen (secondary N) is 1. The maximum Gasteiger partial charge on any atom is 0.129 e.